The van der Waals surface area contributed by atoms with Crippen LogP contribution in [0.15, 0.2) is 18.2 Å². The maximum Gasteiger partial charge on any atom is 0.254 e. The minimum atomic E-state index is -0.263. The maximum absolute atomic E-state index is 12.4. The summed E-state index contributed by atoms with van der Waals surface area (Å²) in [5, 5.41) is 9.89. The molecule has 1 aliphatic rings. The van der Waals surface area contributed by atoms with Gasteiger partial charge in [-0.2, -0.15) is 0 Å². The largest absolute Gasteiger partial charge is 0.394 e. The summed E-state index contributed by atoms with van der Waals surface area (Å²) in [5.74, 6) is -0.0773. The number of rotatable bonds is 2. The van der Waals surface area contributed by atoms with Gasteiger partial charge in [-0.3, -0.25) is 4.79 Å². The van der Waals surface area contributed by atoms with E-state index in [1.807, 2.05) is 6.92 Å². The molecule has 1 aromatic rings. The van der Waals surface area contributed by atoms with Gasteiger partial charge in [0.1, 0.15) is 0 Å². The molecule has 1 N–H and O–H groups in total. The van der Waals surface area contributed by atoms with Gasteiger partial charge in [0.25, 0.3) is 5.91 Å². The van der Waals surface area contributed by atoms with Crippen molar-refractivity contribution in [1.29, 1.82) is 0 Å². The molecular formula is C13H16ClNO3. The Hall–Kier alpha value is -1.10. The average molecular weight is 270 g/mol. The van der Waals surface area contributed by atoms with E-state index in [0.29, 0.717) is 30.3 Å². The molecule has 1 saturated heterocycles. The lowest BCUT2D eigenvalue weighted by molar-refractivity contribution is -0.0184. The number of morpholine rings is 1. The fourth-order valence-electron chi connectivity index (χ4n) is 2.10. The van der Waals surface area contributed by atoms with E-state index in [0.717, 1.165) is 5.56 Å². The van der Waals surface area contributed by atoms with Gasteiger partial charge >= 0.3 is 0 Å². The lowest BCUT2D eigenvalue weighted by atomic mass is 10.1. The minimum absolute atomic E-state index is 0.0773. The number of carbonyl (C=O) groups excluding carboxylic acids is 1. The Morgan fingerprint density at radius 1 is 1.61 bits per heavy atom. The molecule has 2 rings (SSSR count). The van der Waals surface area contributed by atoms with Crippen molar-refractivity contribution < 1.29 is 14.6 Å². The van der Waals surface area contributed by atoms with Crippen molar-refractivity contribution in [3.05, 3.63) is 34.3 Å². The van der Waals surface area contributed by atoms with Crippen LogP contribution in [-0.4, -0.2) is 48.3 Å². The van der Waals surface area contributed by atoms with Crippen molar-refractivity contribution in [1.82, 2.24) is 4.90 Å². The van der Waals surface area contributed by atoms with Gasteiger partial charge in [0.15, 0.2) is 0 Å². The highest BCUT2D eigenvalue weighted by molar-refractivity contribution is 6.30. The molecule has 0 radical (unpaired) electrons. The SMILES string of the molecule is Cc1cc(Cl)ccc1C(=O)N1CCOCC1CO. The van der Waals surface area contributed by atoms with Crippen LogP contribution in [0, 0.1) is 6.92 Å². The maximum atomic E-state index is 12.4. The number of benzene rings is 1. The van der Waals surface area contributed by atoms with Crippen LogP contribution in [0.1, 0.15) is 15.9 Å². The first-order valence-corrected chi connectivity index (χ1v) is 6.27. The smallest absolute Gasteiger partial charge is 0.254 e. The highest BCUT2D eigenvalue weighted by atomic mass is 35.5. The monoisotopic (exact) mass is 269 g/mol. The third-order valence-electron chi connectivity index (χ3n) is 3.12. The van der Waals surface area contributed by atoms with Gasteiger partial charge < -0.3 is 14.7 Å². The van der Waals surface area contributed by atoms with Crippen LogP contribution in [0.5, 0.6) is 0 Å². The number of carbonyl (C=O) groups is 1. The van der Waals surface area contributed by atoms with Crippen LogP contribution in [0.25, 0.3) is 0 Å². The predicted octanol–water partition coefficient (Wildman–Crippen LogP) is 1.48. The zero-order valence-corrected chi connectivity index (χ0v) is 11.0. The van der Waals surface area contributed by atoms with Gasteiger partial charge in [0.2, 0.25) is 0 Å². The second-order valence-electron chi connectivity index (χ2n) is 4.37. The van der Waals surface area contributed by atoms with Gasteiger partial charge in [0.05, 0.1) is 25.9 Å². The normalized spacial score (nSPS) is 19.9. The van der Waals surface area contributed by atoms with Crippen LogP contribution in [0.3, 0.4) is 0 Å². The molecule has 1 aromatic carbocycles. The van der Waals surface area contributed by atoms with Crippen molar-refractivity contribution in [3.63, 3.8) is 0 Å². The highest BCUT2D eigenvalue weighted by Crippen LogP contribution is 2.19. The van der Waals surface area contributed by atoms with Crippen molar-refractivity contribution in [3.8, 4) is 0 Å². The number of hydrogen-bond acceptors (Lipinski definition) is 3. The summed E-state index contributed by atoms with van der Waals surface area (Å²) in [7, 11) is 0. The number of amides is 1. The highest BCUT2D eigenvalue weighted by Gasteiger charge is 2.28. The summed E-state index contributed by atoms with van der Waals surface area (Å²) in [4.78, 5) is 14.1. The Labute approximate surface area is 111 Å². The van der Waals surface area contributed by atoms with Crippen molar-refractivity contribution in [2.24, 2.45) is 0 Å². The van der Waals surface area contributed by atoms with Crippen LogP contribution < -0.4 is 0 Å². The average Bonchev–Trinajstić information content (AvgIpc) is 2.38. The molecule has 1 heterocycles. The molecule has 98 valence electrons. The summed E-state index contributed by atoms with van der Waals surface area (Å²) in [5.41, 5.74) is 1.47. The lowest BCUT2D eigenvalue weighted by Crippen LogP contribution is -2.50. The first kappa shape index (κ1) is 13.3. The number of halogens is 1. The third kappa shape index (κ3) is 2.66. The molecule has 0 bridgehead atoms. The Bertz CT molecular complexity index is 450. The van der Waals surface area contributed by atoms with Crippen LogP contribution in [0.2, 0.25) is 5.02 Å². The van der Waals surface area contributed by atoms with Gasteiger partial charge in [-0.1, -0.05) is 11.6 Å². The molecule has 1 fully saturated rings. The fourth-order valence-corrected chi connectivity index (χ4v) is 2.32. The topological polar surface area (TPSA) is 49.8 Å². The standard InChI is InChI=1S/C13H16ClNO3/c1-9-6-10(14)2-3-12(9)13(17)15-4-5-18-8-11(15)7-16/h2-3,6,11,16H,4-5,7-8H2,1H3. The number of aliphatic hydroxyl groups is 1. The van der Waals surface area contributed by atoms with Crippen molar-refractivity contribution in [2.75, 3.05) is 26.4 Å². The number of nitrogens with zero attached hydrogens (tertiary/aromatic N) is 1. The molecule has 0 saturated carbocycles. The molecule has 4 nitrogen and oxygen atoms in total. The summed E-state index contributed by atoms with van der Waals surface area (Å²) in [6.07, 6.45) is 0. The van der Waals surface area contributed by atoms with E-state index in [-0.39, 0.29) is 18.6 Å². The van der Waals surface area contributed by atoms with E-state index in [2.05, 4.69) is 0 Å². The lowest BCUT2D eigenvalue weighted by Gasteiger charge is -2.34. The number of aryl methyl sites for hydroxylation is 1. The van der Waals surface area contributed by atoms with Crippen LogP contribution in [-0.2, 0) is 4.74 Å². The predicted molar refractivity (Wildman–Crippen MR) is 68.9 cm³/mol. The first-order valence-electron chi connectivity index (χ1n) is 5.89. The Kier molecular flexibility index (Phi) is 4.22. The zero-order valence-electron chi connectivity index (χ0n) is 10.2. The zero-order chi connectivity index (χ0) is 13.1. The summed E-state index contributed by atoms with van der Waals surface area (Å²) >= 11 is 5.88. The van der Waals surface area contributed by atoms with E-state index >= 15 is 0 Å². The molecule has 0 spiro atoms. The van der Waals surface area contributed by atoms with E-state index in [4.69, 9.17) is 16.3 Å². The molecule has 18 heavy (non-hydrogen) atoms. The van der Waals surface area contributed by atoms with Crippen molar-refractivity contribution in [2.45, 2.75) is 13.0 Å². The van der Waals surface area contributed by atoms with E-state index in [9.17, 15) is 9.90 Å². The van der Waals surface area contributed by atoms with Gasteiger partial charge in [-0.25, -0.2) is 0 Å². The van der Waals surface area contributed by atoms with Gasteiger partial charge in [-0.15, -0.1) is 0 Å². The Balaban J connectivity index is 2.24. The van der Waals surface area contributed by atoms with E-state index in [1.165, 1.54) is 0 Å². The van der Waals surface area contributed by atoms with Crippen molar-refractivity contribution >= 4 is 17.5 Å². The Morgan fingerprint density at radius 3 is 3.06 bits per heavy atom. The molecular weight excluding hydrogens is 254 g/mol. The van der Waals surface area contributed by atoms with Crippen LogP contribution in [0.4, 0.5) is 0 Å². The molecule has 1 atom stereocenters. The molecule has 1 unspecified atom stereocenters. The molecule has 0 aromatic heterocycles. The minimum Gasteiger partial charge on any atom is -0.394 e. The van der Waals surface area contributed by atoms with E-state index in [1.54, 1.807) is 23.1 Å². The van der Waals surface area contributed by atoms with Gasteiger partial charge in [0, 0.05) is 17.1 Å². The number of ether oxygens (including phenoxy) is 1. The molecule has 1 aliphatic heterocycles. The fraction of sp³-hybridized carbons (Fsp3) is 0.462. The second kappa shape index (κ2) is 5.69. The molecule has 0 aliphatic carbocycles. The van der Waals surface area contributed by atoms with Crippen LogP contribution >= 0.6 is 11.6 Å². The Morgan fingerprint density at radius 2 is 2.39 bits per heavy atom. The molecule has 5 heteroatoms. The number of aliphatic hydroxyl groups excluding tert-OH is 1. The summed E-state index contributed by atoms with van der Waals surface area (Å²) in [6, 6.07) is 4.94. The molecule has 1 amide bonds. The van der Waals surface area contributed by atoms with E-state index < -0.39 is 0 Å². The summed E-state index contributed by atoms with van der Waals surface area (Å²) in [6.45, 7) is 3.17. The third-order valence-corrected chi connectivity index (χ3v) is 3.35. The second-order valence-corrected chi connectivity index (χ2v) is 4.81. The van der Waals surface area contributed by atoms with Gasteiger partial charge in [-0.05, 0) is 30.7 Å². The summed E-state index contributed by atoms with van der Waals surface area (Å²) < 4.78 is 5.26. The quantitative estimate of drug-likeness (QED) is 0.885. The number of hydrogen-bond donors (Lipinski definition) is 1. The first-order chi connectivity index (χ1) is 8.63.